The summed E-state index contributed by atoms with van der Waals surface area (Å²) in [5.74, 6) is 0.140. The predicted octanol–water partition coefficient (Wildman–Crippen LogP) is 4.57. The molecule has 3 aliphatic rings. The third-order valence-corrected chi connectivity index (χ3v) is 6.54. The summed E-state index contributed by atoms with van der Waals surface area (Å²) in [6, 6.07) is 13.5. The summed E-state index contributed by atoms with van der Waals surface area (Å²) >= 11 is 0. The van der Waals surface area contributed by atoms with Gasteiger partial charge in [0.15, 0.2) is 11.6 Å². The van der Waals surface area contributed by atoms with E-state index in [0.29, 0.717) is 36.5 Å². The Labute approximate surface area is 182 Å². The van der Waals surface area contributed by atoms with Crippen LogP contribution >= 0.6 is 0 Å². The molecule has 1 saturated heterocycles. The molecule has 2 aromatic carbocycles. The lowest BCUT2D eigenvalue weighted by atomic mass is 9.68. The van der Waals surface area contributed by atoms with Gasteiger partial charge in [-0.2, -0.15) is 5.26 Å². The van der Waals surface area contributed by atoms with Crippen LogP contribution < -0.4 is 4.74 Å². The Kier molecular flexibility index (Phi) is 4.37. The standard InChI is InChI=1S/C26H25NO4/c1-25(2)20-11-16-10-15(12-27)8-9-18(16)22(20)24(28)19-6-5-7-21(23(19)25)29-13-17-14-30-26(3,4)31-17/h5-10,17H,11,13-14H2,1-4H3/t17-/m1/s1. The highest BCUT2D eigenvalue weighted by Crippen LogP contribution is 2.52. The van der Waals surface area contributed by atoms with Gasteiger partial charge in [-0.05, 0) is 55.2 Å². The highest BCUT2D eigenvalue weighted by atomic mass is 16.7. The van der Waals surface area contributed by atoms with E-state index in [1.165, 1.54) is 0 Å². The number of carbonyl (C=O) groups is 1. The highest BCUT2D eigenvalue weighted by molar-refractivity contribution is 6.33. The van der Waals surface area contributed by atoms with E-state index in [2.05, 4.69) is 19.9 Å². The summed E-state index contributed by atoms with van der Waals surface area (Å²) in [5.41, 5.74) is 5.70. The number of nitriles is 1. The second kappa shape index (κ2) is 6.78. The molecule has 1 fully saturated rings. The summed E-state index contributed by atoms with van der Waals surface area (Å²) in [7, 11) is 0. The van der Waals surface area contributed by atoms with Crippen LogP contribution in [0, 0.1) is 11.3 Å². The minimum atomic E-state index is -0.600. The largest absolute Gasteiger partial charge is 0.490 e. The van der Waals surface area contributed by atoms with Gasteiger partial charge in [-0.25, -0.2) is 0 Å². The Bertz CT molecular complexity index is 1180. The number of benzene rings is 2. The van der Waals surface area contributed by atoms with Crippen LogP contribution in [0.3, 0.4) is 0 Å². The van der Waals surface area contributed by atoms with Gasteiger partial charge in [0, 0.05) is 22.1 Å². The second-order valence-corrected chi connectivity index (χ2v) is 9.41. The maximum Gasteiger partial charge on any atom is 0.194 e. The number of ether oxygens (including phenoxy) is 3. The number of hydrogen-bond acceptors (Lipinski definition) is 5. The van der Waals surface area contributed by atoms with Crippen molar-refractivity contribution < 1.29 is 19.0 Å². The van der Waals surface area contributed by atoms with Crippen molar-refractivity contribution in [3.63, 3.8) is 0 Å². The van der Waals surface area contributed by atoms with Crippen molar-refractivity contribution in [3.05, 3.63) is 69.8 Å². The van der Waals surface area contributed by atoms with Crippen molar-refractivity contribution in [1.82, 2.24) is 0 Å². The summed E-state index contributed by atoms with van der Waals surface area (Å²) in [6.07, 6.45) is 0.517. The number of allylic oxidation sites excluding steroid dienone is 2. The molecular weight excluding hydrogens is 390 g/mol. The topological polar surface area (TPSA) is 68.5 Å². The third-order valence-electron chi connectivity index (χ3n) is 6.54. The van der Waals surface area contributed by atoms with Crippen molar-refractivity contribution in [1.29, 1.82) is 5.26 Å². The summed E-state index contributed by atoms with van der Waals surface area (Å²) < 4.78 is 17.7. The first-order valence-corrected chi connectivity index (χ1v) is 10.6. The van der Waals surface area contributed by atoms with Crippen LogP contribution in [0.25, 0.3) is 5.57 Å². The van der Waals surface area contributed by atoms with Crippen LogP contribution in [-0.2, 0) is 21.3 Å². The molecule has 31 heavy (non-hydrogen) atoms. The average molecular weight is 415 g/mol. The van der Waals surface area contributed by atoms with Gasteiger partial charge in [0.2, 0.25) is 0 Å². The van der Waals surface area contributed by atoms with Gasteiger partial charge in [0.25, 0.3) is 0 Å². The Morgan fingerprint density at radius 3 is 2.68 bits per heavy atom. The summed E-state index contributed by atoms with van der Waals surface area (Å²) in [5, 5.41) is 9.28. The molecule has 158 valence electrons. The zero-order valence-corrected chi connectivity index (χ0v) is 18.2. The first-order valence-electron chi connectivity index (χ1n) is 10.6. The molecule has 0 saturated carbocycles. The molecule has 0 bridgehead atoms. The molecule has 0 aromatic heterocycles. The molecule has 1 atom stereocenters. The third kappa shape index (κ3) is 3.10. The number of ketones is 1. The van der Waals surface area contributed by atoms with E-state index in [-0.39, 0.29) is 17.3 Å². The van der Waals surface area contributed by atoms with Gasteiger partial charge < -0.3 is 14.2 Å². The number of carbonyl (C=O) groups excluding carboxylic acids is 1. The lowest BCUT2D eigenvalue weighted by molar-refractivity contribution is -0.141. The second-order valence-electron chi connectivity index (χ2n) is 9.41. The Balaban J connectivity index is 1.51. The minimum Gasteiger partial charge on any atom is -0.490 e. The van der Waals surface area contributed by atoms with Crippen molar-refractivity contribution in [2.24, 2.45) is 0 Å². The van der Waals surface area contributed by atoms with Gasteiger partial charge >= 0.3 is 0 Å². The van der Waals surface area contributed by atoms with Gasteiger partial charge in [-0.15, -0.1) is 0 Å². The monoisotopic (exact) mass is 415 g/mol. The van der Waals surface area contributed by atoms with E-state index in [1.54, 1.807) is 6.07 Å². The highest BCUT2D eigenvalue weighted by Gasteiger charge is 2.44. The van der Waals surface area contributed by atoms with E-state index in [1.807, 2.05) is 44.2 Å². The first kappa shape index (κ1) is 20.0. The average Bonchev–Trinajstić information content (AvgIpc) is 3.30. The number of rotatable bonds is 3. The van der Waals surface area contributed by atoms with Crippen LogP contribution in [0.15, 0.2) is 42.0 Å². The SMILES string of the molecule is CC1(C)OC[C@@H](COc2cccc3c2C(C)(C)C2=C(C3=O)c3ccc(C#N)cc3C2)O1. The Morgan fingerprint density at radius 2 is 1.97 bits per heavy atom. The predicted molar refractivity (Wildman–Crippen MR) is 116 cm³/mol. The molecule has 0 radical (unpaired) electrons. The van der Waals surface area contributed by atoms with Gasteiger partial charge in [0.05, 0.1) is 18.2 Å². The number of hydrogen-bond donors (Lipinski definition) is 0. The van der Waals surface area contributed by atoms with E-state index in [9.17, 15) is 10.1 Å². The lowest BCUT2D eigenvalue weighted by Gasteiger charge is -2.35. The molecule has 0 amide bonds. The minimum absolute atomic E-state index is 0.0276. The molecule has 0 unspecified atom stereocenters. The molecule has 1 heterocycles. The maximum atomic E-state index is 13.6. The Hall–Kier alpha value is -2.94. The van der Waals surface area contributed by atoms with Crippen molar-refractivity contribution >= 4 is 11.4 Å². The van der Waals surface area contributed by atoms with Crippen molar-refractivity contribution in [2.45, 2.75) is 51.4 Å². The summed E-state index contributed by atoms with van der Waals surface area (Å²) in [4.78, 5) is 13.6. The van der Waals surface area contributed by atoms with Crippen molar-refractivity contribution in [3.8, 4) is 11.8 Å². The first-order chi connectivity index (χ1) is 14.7. The molecule has 0 spiro atoms. The normalized spacial score (nSPS) is 22.5. The van der Waals surface area contributed by atoms with E-state index in [4.69, 9.17) is 14.2 Å². The Morgan fingerprint density at radius 1 is 1.16 bits per heavy atom. The zero-order valence-electron chi connectivity index (χ0n) is 18.2. The molecule has 1 aliphatic heterocycles. The van der Waals surface area contributed by atoms with Gasteiger partial charge in [-0.3, -0.25) is 4.79 Å². The quantitative estimate of drug-likeness (QED) is 0.734. The molecule has 2 aromatic rings. The fraction of sp³-hybridized carbons (Fsp3) is 0.385. The van der Waals surface area contributed by atoms with E-state index >= 15 is 0 Å². The molecule has 2 aliphatic carbocycles. The molecular formula is C26H25NO4. The van der Waals surface area contributed by atoms with Crippen LogP contribution in [0.5, 0.6) is 5.75 Å². The fourth-order valence-corrected chi connectivity index (χ4v) is 5.09. The van der Waals surface area contributed by atoms with Crippen LogP contribution in [-0.4, -0.2) is 30.9 Å². The zero-order chi connectivity index (χ0) is 22.0. The van der Waals surface area contributed by atoms with Gasteiger partial charge in [-0.1, -0.05) is 32.0 Å². The number of fused-ring (bicyclic) bond motifs is 3. The fourth-order valence-electron chi connectivity index (χ4n) is 5.09. The smallest absolute Gasteiger partial charge is 0.194 e. The van der Waals surface area contributed by atoms with Crippen LogP contribution in [0.1, 0.15) is 60.3 Å². The molecule has 5 heteroatoms. The van der Waals surface area contributed by atoms with Gasteiger partial charge in [0.1, 0.15) is 18.5 Å². The maximum absolute atomic E-state index is 13.6. The van der Waals surface area contributed by atoms with E-state index < -0.39 is 5.79 Å². The van der Waals surface area contributed by atoms with Crippen LogP contribution in [0.2, 0.25) is 0 Å². The van der Waals surface area contributed by atoms with E-state index in [0.717, 1.165) is 27.8 Å². The number of nitrogens with zero attached hydrogens (tertiary/aromatic N) is 1. The number of Topliss-reactive ketones (excluding diaryl/α,β-unsaturated/α-hetero) is 1. The lowest BCUT2D eigenvalue weighted by Crippen LogP contribution is -2.31. The summed E-state index contributed by atoms with van der Waals surface area (Å²) in [6.45, 7) is 8.93. The van der Waals surface area contributed by atoms with Crippen molar-refractivity contribution in [2.75, 3.05) is 13.2 Å². The molecule has 5 rings (SSSR count). The molecule has 5 nitrogen and oxygen atoms in total. The molecule has 0 N–H and O–H groups in total. The van der Waals surface area contributed by atoms with Crippen LogP contribution in [0.4, 0.5) is 0 Å².